The molecule has 2 nitrogen and oxygen atoms in total. The molecule has 0 saturated carbocycles. The van der Waals surface area contributed by atoms with Gasteiger partial charge in [0.15, 0.2) is 5.78 Å². The second kappa shape index (κ2) is 4.90. The van der Waals surface area contributed by atoms with Gasteiger partial charge in [-0.05, 0) is 38.1 Å². The van der Waals surface area contributed by atoms with Crippen molar-refractivity contribution < 1.29 is 4.79 Å². The van der Waals surface area contributed by atoms with E-state index in [0.29, 0.717) is 6.54 Å². The monoisotopic (exact) mass is 267 g/mol. The summed E-state index contributed by atoms with van der Waals surface area (Å²) in [5.74, 6) is 0.226. The Morgan fingerprint density at radius 2 is 1.80 bits per heavy atom. The van der Waals surface area contributed by atoms with Crippen molar-refractivity contribution >= 4 is 21.7 Å². The van der Waals surface area contributed by atoms with E-state index in [9.17, 15) is 4.79 Å². The number of halogens is 1. The van der Waals surface area contributed by atoms with Gasteiger partial charge in [0, 0.05) is 10.0 Å². The molecule has 0 bridgehead atoms. The van der Waals surface area contributed by atoms with Gasteiger partial charge in [-0.15, -0.1) is 0 Å². The highest BCUT2D eigenvalue weighted by atomic mass is 79.9. The summed E-state index contributed by atoms with van der Waals surface area (Å²) in [7, 11) is 0. The molecule has 0 amide bonds. The lowest BCUT2D eigenvalue weighted by Gasteiger charge is -2.12. The van der Waals surface area contributed by atoms with Crippen molar-refractivity contribution in [3.8, 4) is 0 Å². The SMILES string of the molecule is O=C(CN1CCCC1)c1ccc(Br)cc1. The van der Waals surface area contributed by atoms with Crippen LogP contribution in [0.15, 0.2) is 28.7 Å². The van der Waals surface area contributed by atoms with Crippen LogP contribution in [-0.4, -0.2) is 30.3 Å². The van der Waals surface area contributed by atoms with E-state index in [1.165, 1.54) is 12.8 Å². The first kappa shape index (κ1) is 10.8. The largest absolute Gasteiger partial charge is 0.296 e. The lowest BCUT2D eigenvalue weighted by Crippen LogP contribution is -2.26. The topological polar surface area (TPSA) is 20.3 Å². The minimum atomic E-state index is 0.226. The molecule has 80 valence electrons. The zero-order valence-corrected chi connectivity index (χ0v) is 10.2. The summed E-state index contributed by atoms with van der Waals surface area (Å²) in [4.78, 5) is 14.1. The molecule has 1 saturated heterocycles. The normalized spacial score (nSPS) is 16.9. The van der Waals surface area contributed by atoms with Crippen molar-refractivity contribution in [1.82, 2.24) is 4.90 Å². The Labute approximate surface area is 98.4 Å². The van der Waals surface area contributed by atoms with Crippen LogP contribution in [0.2, 0.25) is 0 Å². The highest BCUT2D eigenvalue weighted by molar-refractivity contribution is 9.10. The maximum absolute atomic E-state index is 11.9. The van der Waals surface area contributed by atoms with E-state index in [1.54, 1.807) is 0 Å². The molecule has 0 unspecified atom stereocenters. The van der Waals surface area contributed by atoms with Gasteiger partial charge in [-0.3, -0.25) is 9.69 Å². The third-order valence-electron chi connectivity index (χ3n) is 2.73. The van der Waals surface area contributed by atoms with Crippen LogP contribution in [0.1, 0.15) is 23.2 Å². The van der Waals surface area contributed by atoms with E-state index in [-0.39, 0.29) is 5.78 Å². The molecule has 1 heterocycles. The van der Waals surface area contributed by atoms with Crippen LogP contribution >= 0.6 is 15.9 Å². The van der Waals surface area contributed by atoms with Crippen LogP contribution < -0.4 is 0 Å². The molecule has 0 aromatic heterocycles. The number of carbonyl (C=O) groups is 1. The maximum Gasteiger partial charge on any atom is 0.176 e. The molecule has 1 aromatic rings. The van der Waals surface area contributed by atoms with Gasteiger partial charge < -0.3 is 0 Å². The molecular formula is C12H14BrNO. The summed E-state index contributed by atoms with van der Waals surface area (Å²) in [5.41, 5.74) is 0.810. The third-order valence-corrected chi connectivity index (χ3v) is 3.26. The number of ketones is 1. The lowest BCUT2D eigenvalue weighted by atomic mass is 10.1. The number of rotatable bonds is 3. The molecule has 1 aromatic carbocycles. The van der Waals surface area contributed by atoms with E-state index < -0.39 is 0 Å². The summed E-state index contributed by atoms with van der Waals surface area (Å²) in [6.07, 6.45) is 2.46. The summed E-state index contributed by atoms with van der Waals surface area (Å²) in [5, 5.41) is 0. The number of hydrogen-bond acceptors (Lipinski definition) is 2. The lowest BCUT2D eigenvalue weighted by molar-refractivity contribution is 0.0945. The Bertz CT molecular complexity index is 341. The maximum atomic E-state index is 11.9. The van der Waals surface area contributed by atoms with Crippen LogP contribution in [0.4, 0.5) is 0 Å². The van der Waals surface area contributed by atoms with Crippen molar-refractivity contribution in [3.05, 3.63) is 34.3 Å². The highest BCUT2D eigenvalue weighted by Crippen LogP contribution is 2.13. The molecule has 0 aliphatic carbocycles. The van der Waals surface area contributed by atoms with Gasteiger partial charge >= 0.3 is 0 Å². The molecule has 1 aliphatic heterocycles. The fourth-order valence-corrected chi connectivity index (χ4v) is 2.14. The molecule has 0 spiro atoms. The number of hydrogen-bond donors (Lipinski definition) is 0. The van der Waals surface area contributed by atoms with Crippen molar-refractivity contribution in [3.63, 3.8) is 0 Å². The standard InChI is InChI=1S/C12H14BrNO/c13-11-5-3-10(4-6-11)12(15)9-14-7-1-2-8-14/h3-6H,1-2,7-9H2. The Balaban J connectivity index is 1.98. The molecule has 0 N–H and O–H groups in total. The molecular weight excluding hydrogens is 254 g/mol. The van der Waals surface area contributed by atoms with E-state index in [1.807, 2.05) is 24.3 Å². The average molecular weight is 268 g/mol. The fraction of sp³-hybridized carbons (Fsp3) is 0.417. The quantitative estimate of drug-likeness (QED) is 0.785. The molecule has 1 aliphatic rings. The third kappa shape index (κ3) is 2.89. The van der Waals surface area contributed by atoms with Crippen LogP contribution in [0.3, 0.4) is 0 Å². The molecule has 3 heteroatoms. The first-order valence-corrected chi connectivity index (χ1v) is 6.06. The van der Waals surface area contributed by atoms with Gasteiger partial charge in [-0.25, -0.2) is 0 Å². The summed E-state index contributed by atoms with van der Waals surface area (Å²) in [6, 6.07) is 7.58. The van der Waals surface area contributed by atoms with Crippen molar-refractivity contribution in [2.45, 2.75) is 12.8 Å². The Kier molecular flexibility index (Phi) is 3.54. The predicted octanol–water partition coefficient (Wildman–Crippen LogP) is 2.73. The molecule has 0 radical (unpaired) electrons. The minimum Gasteiger partial charge on any atom is -0.296 e. The number of benzene rings is 1. The van der Waals surface area contributed by atoms with Gasteiger partial charge in [0.25, 0.3) is 0 Å². The van der Waals surface area contributed by atoms with Crippen LogP contribution in [0.5, 0.6) is 0 Å². The Morgan fingerprint density at radius 1 is 1.20 bits per heavy atom. The van der Waals surface area contributed by atoms with Crippen molar-refractivity contribution in [1.29, 1.82) is 0 Å². The van der Waals surface area contributed by atoms with Gasteiger partial charge in [0.1, 0.15) is 0 Å². The zero-order chi connectivity index (χ0) is 10.7. The molecule has 15 heavy (non-hydrogen) atoms. The molecule has 0 atom stereocenters. The predicted molar refractivity (Wildman–Crippen MR) is 64.1 cm³/mol. The van der Waals surface area contributed by atoms with Crippen molar-refractivity contribution in [2.75, 3.05) is 19.6 Å². The Morgan fingerprint density at radius 3 is 2.40 bits per heavy atom. The number of nitrogens with zero attached hydrogens (tertiary/aromatic N) is 1. The molecule has 1 fully saturated rings. The van der Waals surface area contributed by atoms with Gasteiger partial charge in [-0.1, -0.05) is 28.1 Å². The van der Waals surface area contributed by atoms with E-state index in [2.05, 4.69) is 20.8 Å². The van der Waals surface area contributed by atoms with Gasteiger partial charge in [-0.2, -0.15) is 0 Å². The summed E-state index contributed by atoms with van der Waals surface area (Å²) >= 11 is 3.36. The fourth-order valence-electron chi connectivity index (χ4n) is 1.87. The van der Waals surface area contributed by atoms with Crippen LogP contribution in [0.25, 0.3) is 0 Å². The average Bonchev–Trinajstić information content (AvgIpc) is 2.71. The highest BCUT2D eigenvalue weighted by Gasteiger charge is 2.15. The number of carbonyl (C=O) groups excluding carboxylic acids is 1. The second-order valence-electron chi connectivity index (χ2n) is 3.91. The Hall–Kier alpha value is -0.670. The summed E-state index contributed by atoms with van der Waals surface area (Å²) < 4.78 is 1.01. The number of likely N-dealkylation sites (tertiary alicyclic amines) is 1. The van der Waals surface area contributed by atoms with Gasteiger partial charge in [0.2, 0.25) is 0 Å². The van der Waals surface area contributed by atoms with Crippen LogP contribution in [0, 0.1) is 0 Å². The first-order valence-electron chi connectivity index (χ1n) is 5.27. The first-order chi connectivity index (χ1) is 7.25. The second-order valence-corrected chi connectivity index (χ2v) is 4.83. The van der Waals surface area contributed by atoms with Crippen molar-refractivity contribution in [2.24, 2.45) is 0 Å². The van der Waals surface area contributed by atoms with E-state index in [0.717, 1.165) is 23.1 Å². The van der Waals surface area contributed by atoms with E-state index >= 15 is 0 Å². The van der Waals surface area contributed by atoms with Crippen LogP contribution in [-0.2, 0) is 0 Å². The smallest absolute Gasteiger partial charge is 0.176 e. The molecule has 2 rings (SSSR count). The van der Waals surface area contributed by atoms with Gasteiger partial charge in [0.05, 0.1) is 6.54 Å². The minimum absolute atomic E-state index is 0.226. The number of Topliss-reactive ketones (excluding diaryl/α,β-unsaturated/α-hetero) is 1. The zero-order valence-electron chi connectivity index (χ0n) is 8.58. The summed E-state index contributed by atoms with van der Waals surface area (Å²) in [6.45, 7) is 2.71. The van der Waals surface area contributed by atoms with E-state index in [4.69, 9.17) is 0 Å².